The van der Waals surface area contributed by atoms with Crippen LogP contribution in [0.2, 0.25) is 0 Å². The number of aliphatic hydroxyl groups is 1. The van der Waals surface area contributed by atoms with Gasteiger partial charge in [0.2, 0.25) is 0 Å². The van der Waals surface area contributed by atoms with Gasteiger partial charge in [0.1, 0.15) is 19.3 Å². The van der Waals surface area contributed by atoms with Gasteiger partial charge in [-0.05, 0) is 37.5 Å². The van der Waals surface area contributed by atoms with Crippen molar-refractivity contribution in [1.82, 2.24) is 0 Å². The lowest BCUT2D eigenvalue weighted by Crippen LogP contribution is -2.30. The molecule has 0 rings (SSSR count). The van der Waals surface area contributed by atoms with Crippen LogP contribution in [0.4, 0.5) is 0 Å². The summed E-state index contributed by atoms with van der Waals surface area (Å²) in [7, 11) is -9.91. The zero-order valence-electron chi connectivity index (χ0n) is 62.7. The second-order valence-electron chi connectivity index (χ2n) is 28.2. The zero-order valence-corrected chi connectivity index (χ0v) is 64.5. The zero-order chi connectivity index (χ0) is 70.7. The molecule has 0 saturated carbocycles. The Morgan fingerprint density at radius 2 is 0.500 bits per heavy atom. The predicted octanol–water partition coefficient (Wildman–Crippen LogP) is 22.7. The van der Waals surface area contributed by atoms with E-state index in [2.05, 4.69) is 41.5 Å². The van der Waals surface area contributed by atoms with Gasteiger partial charge in [-0.1, -0.05) is 350 Å². The van der Waals surface area contributed by atoms with Crippen LogP contribution in [0.25, 0.3) is 0 Å². The number of unbranched alkanes of at least 4 members (excludes halogenated alkanes) is 44. The fourth-order valence-corrected chi connectivity index (χ4v) is 13.3. The number of phosphoric acid groups is 2. The topological polar surface area (TPSA) is 237 Å². The fraction of sp³-hybridized carbons (Fsp3) is 0.948. The maximum absolute atomic E-state index is 13.1. The number of carbonyl (C=O) groups excluding carboxylic acids is 4. The van der Waals surface area contributed by atoms with Crippen LogP contribution in [-0.2, 0) is 65.4 Å². The molecule has 0 aromatic heterocycles. The van der Waals surface area contributed by atoms with Crippen LogP contribution in [0.15, 0.2) is 0 Å². The molecule has 0 aromatic rings. The van der Waals surface area contributed by atoms with Crippen LogP contribution in [0.1, 0.15) is 401 Å². The minimum absolute atomic E-state index is 0.104. The first-order chi connectivity index (χ1) is 46.4. The molecular weight excluding hydrogens is 1260 g/mol. The highest BCUT2D eigenvalue weighted by molar-refractivity contribution is 7.47. The average molecular weight is 1410 g/mol. The van der Waals surface area contributed by atoms with Gasteiger partial charge < -0.3 is 33.8 Å². The molecule has 0 amide bonds. The second-order valence-corrected chi connectivity index (χ2v) is 31.1. The van der Waals surface area contributed by atoms with Crippen molar-refractivity contribution >= 4 is 39.5 Å². The molecule has 0 heterocycles. The molecule has 0 fully saturated rings. The molecule has 19 heteroatoms. The first-order valence-electron chi connectivity index (χ1n) is 40.1. The maximum Gasteiger partial charge on any atom is 0.472 e. The van der Waals surface area contributed by atoms with Crippen molar-refractivity contribution in [3.05, 3.63) is 0 Å². The van der Waals surface area contributed by atoms with Gasteiger partial charge in [0.25, 0.3) is 0 Å². The Hall–Kier alpha value is -1.94. The summed E-state index contributed by atoms with van der Waals surface area (Å²) in [5, 5.41) is 10.6. The highest BCUT2D eigenvalue weighted by Gasteiger charge is 2.30. The monoisotopic (exact) mass is 1410 g/mol. The lowest BCUT2D eigenvalue weighted by atomic mass is 9.99. The van der Waals surface area contributed by atoms with Crippen molar-refractivity contribution in [2.75, 3.05) is 39.6 Å². The average Bonchev–Trinajstić information content (AvgIpc) is 2.36. The number of rotatable bonds is 76. The summed E-state index contributed by atoms with van der Waals surface area (Å²) in [6.07, 6.45) is 56.9. The molecule has 0 bridgehead atoms. The molecule has 0 spiro atoms. The Morgan fingerprint density at radius 3 is 0.740 bits per heavy atom. The van der Waals surface area contributed by atoms with Crippen LogP contribution in [-0.4, -0.2) is 96.7 Å². The molecule has 4 unspecified atom stereocenters. The van der Waals surface area contributed by atoms with Crippen molar-refractivity contribution in [2.45, 2.75) is 419 Å². The van der Waals surface area contributed by atoms with Crippen molar-refractivity contribution < 1.29 is 80.2 Å². The van der Waals surface area contributed by atoms with Gasteiger partial charge in [0.15, 0.2) is 12.2 Å². The normalized spacial score (nSPS) is 14.6. The SMILES string of the molecule is CCCCCCCCCCCCCCCCCCCC(=O)OC[C@H](COP(=O)(O)OC[C@@H](O)COP(=O)(O)OC[C@@H](COC(=O)CCCCCCCCC(C)CC)OC(=O)CCCCCCCCCCC(C)CC)OC(=O)CCCCCCCCCCCCCCCCCCC. The molecule has 0 aliphatic rings. The van der Waals surface area contributed by atoms with E-state index < -0.39 is 97.5 Å². The molecule has 0 radical (unpaired) electrons. The van der Waals surface area contributed by atoms with Gasteiger partial charge in [0, 0.05) is 25.7 Å². The number of phosphoric ester groups is 2. The third-order valence-electron chi connectivity index (χ3n) is 18.7. The third kappa shape index (κ3) is 67.9. The second kappa shape index (κ2) is 68.8. The molecule has 0 saturated heterocycles. The van der Waals surface area contributed by atoms with Gasteiger partial charge in [-0.3, -0.25) is 37.3 Å². The molecular formula is C77H150O17P2. The van der Waals surface area contributed by atoms with E-state index in [9.17, 15) is 43.2 Å². The smallest absolute Gasteiger partial charge is 0.462 e. The summed E-state index contributed by atoms with van der Waals surface area (Å²) in [5.74, 6) is -0.616. The van der Waals surface area contributed by atoms with E-state index in [-0.39, 0.29) is 25.7 Å². The number of aliphatic hydroxyl groups excluding tert-OH is 1. The molecule has 96 heavy (non-hydrogen) atoms. The first kappa shape index (κ1) is 94.1. The molecule has 17 nitrogen and oxygen atoms in total. The summed E-state index contributed by atoms with van der Waals surface area (Å²) < 4.78 is 68.6. The Balaban J connectivity index is 5.25. The first-order valence-corrected chi connectivity index (χ1v) is 43.1. The van der Waals surface area contributed by atoms with Crippen LogP contribution in [0.3, 0.4) is 0 Å². The van der Waals surface area contributed by atoms with E-state index in [0.717, 1.165) is 108 Å². The van der Waals surface area contributed by atoms with Gasteiger partial charge in [-0.25, -0.2) is 9.13 Å². The number of ether oxygens (including phenoxy) is 4. The molecule has 570 valence electrons. The quantitative estimate of drug-likeness (QED) is 0.0222. The fourth-order valence-electron chi connectivity index (χ4n) is 11.8. The van der Waals surface area contributed by atoms with E-state index in [1.807, 2.05) is 0 Å². The Labute approximate surface area is 588 Å². The van der Waals surface area contributed by atoms with Crippen LogP contribution < -0.4 is 0 Å². The summed E-state index contributed by atoms with van der Waals surface area (Å²) in [4.78, 5) is 72.9. The van der Waals surface area contributed by atoms with E-state index in [1.54, 1.807) is 0 Å². The predicted molar refractivity (Wildman–Crippen MR) is 391 cm³/mol. The highest BCUT2D eigenvalue weighted by Crippen LogP contribution is 2.45. The number of esters is 4. The summed E-state index contributed by atoms with van der Waals surface area (Å²) >= 11 is 0. The van der Waals surface area contributed by atoms with Gasteiger partial charge >= 0.3 is 39.5 Å². The molecule has 0 aromatic carbocycles. The number of carbonyl (C=O) groups is 4. The molecule has 3 N–H and O–H groups in total. The van der Waals surface area contributed by atoms with E-state index in [1.165, 1.54) is 212 Å². The third-order valence-corrected chi connectivity index (χ3v) is 20.6. The van der Waals surface area contributed by atoms with Crippen LogP contribution in [0, 0.1) is 11.8 Å². The highest BCUT2D eigenvalue weighted by atomic mass is 31.2. The minimum atomic E-state index is -4.96. The minimum Gasteiger partial charge on any atom is -0.462 e. The van der Waals surface area contributed by atoms with Crippen molar-refractivity contribution in [3.8, 4) is 0 Å². The Morgan fingerprint density at radius 1 is 0.292 bits per heavy atom. The summed E-state index contributed by atoms with van der Waals surface area (Å²) in [6.45, 7) is 9.56. The summed E-state index contributed by atoms with van der Waals surface area (Å²) in [6, 6.07) is 0. The van der Waals surface area contributed by atoms with E-state index >= 15 is 0 Å². The van der Waals surface area contributed by atoms with Gasteiger partial charge in [0.05, 0.1) is 26.4 Å². The van der Waals surface area contributed by atoms with Crippen LogP contribution >= 0.6 is 15.6 Å². The van der Waals surface area contributed by atoms with Crippen molar-refractivity contribution in [3.63, 3.8) is 0 Å². The van der Waals surface area contributed by atoms with E-state index in [0.29, 0.717) is 25.7 Å². The van der Waals surface area contributed by atoms with E-state index in [4.69, 9.17) is 37.0 Å². The molecule has 0 aliphatic heterocycles. The number of hydrogen-bond acceptors (Lipinski definition) is 15. The Bertz CT molecular complexity index is 1860. The standard InChI is InChI=1S/C77H150O17P2/c1-7-11-13-15-17-19-21-23-25-27-29-31-33-35-40-47-53-59-74(79)87-65-72(93-76(81)61-55-49-41-36-34-32-30-28-26-24-22-20-18-16-14-12-8-2)67-91-95(83,84)89-63-71(78)64-90-96(85,86)92-68-73(66-88-75(80)60-54-48-44-43-46-52-58-70(6)10-4)94-77(82)62-56-50-42-38-37-39-45-51-57-69(5)9-3/h69-73,78H,7-68H2,1-6H3,(H,83,84)(H,85,86)/t69?,70?,71-,72-,73-/m1/s1. The number of hydrogen-bond donors (Lipinski definition) is 3. The lowest BCUT2D eigenvalue weighted by molar-refractivity contribution is -0.161. The largest absolute Gasteiger partial charge is 0.472 e. The van der Waals surface area contributed by atoms with Gasteiger partial charge in [-0.2, -0.15) is 0 Å². The lowest BCUT2D eigenvalue weighted by Gasteiger charge is -2.21. The van der Waals surface area contributed by atoms with Crippen LogP contribution in [0.5, 0.6) is 0 Å². The van der Waals surface area contributed by atoms with Gasteiger partial charge in [-0.15, -0.1) is 0 Å². The van der Waals surface area contributed by atoms with Crippen molar-refractivity contribution in [1.29, 1.82) is 0 Å². The molecule has 7 atom stereocenters. The maximum atomic E-state index is 13.1. The molecule has 0 aliphatic carbocycles. The summed E-state index contributed by atoms with van der Waals surface area (Å²) in [5.41, 5.74) is 0. The Kier molecular flexibility index (Phi) is 67.4. The van der Waals surface area contributed by atoms with Crippen molar-refractivity contribution in [2.24, 2.45) is 11.8 Å².